The molecule has 116 valence electrons. The zero-order chi connectivity index (χ0) is 16.5. The maximum atomic E-state index is 12.2. The number of amides is 1. The van der Waals surface area contributed by atoms with Gasteiger partial charge in [0.25, 0.3) is 5.91 Å². The van der Waals surface area contributed by atoms with Crippen molar-refractivity contribution in [3.05, 3.63) is 58.7 Å². The van der Waals surface area contributed by atoms with Gasteiger partial charge in [-0.25, -0.2) is 13.6 Å². The van der Waals surface area contributed by atoms with Crippen molar-refractivity contribution >= 4 is 21.6 Å². The number of carbonyl (C=O) groups excluding carboxylic acids is 1. The monoisotopic (exact) mass is 318 g/mol. The molecule has 0 saturated carbocycles. The molecule has 0 bridgehead atoms. The highest BCUT2D eigenvalue weighted by molar-refractivity contribution is 7.89. The summed E-state index contributed by atoms with van der Waals surface area (Å²) in [6, 6.07) is 9.95. The predicted octanol–water partition coefficient (Wildman–Crippen LogP) is 2.51. The highest BCUT2D eigenvalue weighted by atomic mass is 32.2. The van der Waals surface area contributed by atoms with Crippen molar-refractivity contribution in [1.82, 2.24) is 0 Å². The van der Waals surface area contributed by atoms with Gasteiger partial charge in [-0.05, 0) is 67.8 Å². The van der Waals surface area contributed by atoms with Gasteiger partial charge in [0.2, 0.25) is 10.0 Å². The largest absolute Gasteiger partial charge is 0.322 e. The average molecular weight is 318 g/mol. The standard InChI is InChI=1S/C16H18N2O3S/c1-10-4-6-14(9-11(10)2)18-16(19)13-5-7-15(12(3)8-13)22(17,20)21/h4-9H,1-3H3,(H,18,19)(H2,17,20,21). The number of anilines is 1. The first-order valence-corrected chi connectivity index (χ1v) is 8.25. The van der Waals surface area contributed by atoms with Crippen LogP contribution in [0.1, 0.15) is 27.0 Å². The number of hydrogen-bond donors (Lipinski definition) is 2. The lowest BCUT2D eigenvalue weighted by Gasteiger charge is -2.09. The molecular formula is C16H18N2O3S. The van der Waals surface area contributed by atoms with Crippen LogP contribution in [-0.2, 0) is 10.0 Å². The van der Waals surface area contributed by atoms with Crippen LogP contribution in [0, 0.1) is 20.8 Å². The van der Waals surface area contributed by atoms with Crippen molar-refractivity contribution in [2.24, 2.45) is 5.14 Å². The predicted molar refractivity (Wildman–Crippen MR) is 86.4 cm³/mol. The lowest BCUT2D eigenvalue weighted by molar-refractivity contribution is 0.102. The summed E-state index contributed by atoms with van der Waals surface area (Å²) in [6.07, 6.45) is 0. The summed E-state index contributed by atoms with van der Waals surface area (Å²) in [6.45, 7) is 5.57. The second-order valence-corrected chi connectivity index (χ2v) is 6.81. The molecule has 0 aliphatic carbocycles. The van der Waals surface area contributed by atoms with Gasteiger partial charge in [-0.1, -0.05) is 6.07 Å². The Balaban J connectivity index is 2.26. The Kier molecular flexibility index (Phi) is 4.35. The fraction of sp³-hybridized carbons (Fsp3) is 0.188. The number of sulfonamides is 1. The lowest BCUT2D eigenvalue weighted by Crippen LogP contribution is -2.16. The number of benzene rings is 2. The van der Waals surface area contributed by atoms with Crippen LogP contribution in [0.25, 0.3) is 0 Å². The molecule has 0 saturated heterocycles. The number of hydrogen-bond acceptors (Lipinski definition) is 3. The van der Waals surface area contributed by atoms with Crippen LogP contribution in [0.2, 0.25) is 0 Å². The molecule has 22 heavy (non-hydrogen) atoms. The van der Waals surface area contributed by atoms with E-state index in [1.165, 1.54) is 18.2 Å². The van der Waals surface area contributed by atoms with Crippen molar-refractivity contribution in [1.29, 1.82) is 0 Å². The SMILES string of the molecule is Cc1ccc(NC(=O)c2ccc(S(N)(=O)=O)c(C)c2)cc1C. The molecule has 0 heterocycles. The quantitative estimate of drug-likeness (QED) is 0.911. The van der Waals surface area contributed by atoms with E-state index >= 15 is 0 Å². The zero-order valence-electron chi connectivity index (χ0n) is 12.7. The van der Waals surface area contributed by atoms with Crippen LogP contribution in [0.3, 0.4) is 0 Å². The van der Waals surface area contributed by atoms with E-state index in [0.717, 1.165) is 11.1 Å². The van der Waals surface area contributed by atoms with E-state index in [2.05, 4.69) is 5.32 Å². The molecule has 5 nitrogen and oxygen atoms in total. The Bertz CT molecular complexity index is 842. The smallest absolute Gasteiger partial charge is 0.255 e. The Morgan fingerprint density at radius 1 is 0.955 bits per heavy atom. The number of aryl methyl sites for hydroxylation is 3. The molecule has 6 heteroatoms. The van der Waals surface area contributed by atoms with Gasteiger partial charge in [0.1, 0.15) is 0 Å². The molecule has 0 aromatic heterocycles. The van der Waals surface area contributed by atoms with Gasteiger partial charge in [0, 0.05) is 11.3 Å². The number of nitrogens with one attached hydrogen (secondary N) is 1. The Morgan fingerprint density at radius 3 is 2.18 bits per heavy atom. The average Bonchev–Trinajstić information content (AvgIpc) is 2.41. The van der Waals surface area contributed by atoms with Crippen molar-refractivity contribution in [2.75, 3.05) is 5.32 Å². The summed E-state index contributed by atoms with van der Waals surface area (Å²) < 4.78 is 22.7. The van der Waals surface area contributed by atoms with E-state index in [9.17, 15) is 13.2 Å². The second kappa shape index (κ2) is 5.90. The van der Waals surface area contributed by atoms with Crippen molar-refractivity contribution < 1.29 is 13.2 Å². The van der Waals surface area contributed by atoms with Crippen molar-refractivity contribution in [3.63, 3.8) is 0 Å². The summed E-state index contributed by atoms with van der Waals surface area (Å²) >= 11 is 0. The molecule has 0 fully saturated rings. The van der Waals surface area contributed by atoms with Gasteiger partial charge in [0.15, 0.2) is 0 Å². The summed E-state index contributed by atoms with van der Waals surface area (Å²) in [4.78, 5) is 12.3. The van der Waals surface area contributed by atoms with Crippen LogP contribution in [0.4, 0.5) is 5.69 Å². The van der Waals surface area contributed by atoms with E-state index in [1.807, 2.05) is 32.0 Å². The molecule has 0 spiro atoms. The Morgan fingerprint density at radius 2 is 1.64 bits per heavy atom. The molecule has 0 aliphatic rings. The zero-order valence-corrected chi connectivity index (χ0v) is 13.5. The van der Waals surface area contributed by atoms with Crippen molar-refractivity contribution in [2.45, 2.75) is 25.7 Å². The third-order valence-corrected chi connectivity index (χ3v) is 4.58. The maximum absolute atomic E-state index is 12.2. The Labute approximate surface area is 130 Å². The minimum atomic E-state index is -3.78. The summed E-state index contributed by atoms with van der Waals surface area (Å²) in [5.74, 6) is -0.299. The van der Waals surface area contributed by atoms with E-state index in [4.69, 9.17) is 5.14 Å². The third-order valence-electron chi connectivity index (χ3n) is 3.51. The molecule has 2 aromatic rings. The first-order valence-electron chi connectivity index (χ1n) is 6.70. The van der Waals surface area contributed by atoms with Crippen molar-refractivity contribution in [3.8, 4) is 0 Å². The van der Waals surface area contributed by atoms with E-state index in [-0.39, 0.29) is 10.8 Å². The van der Waals surface area contributed by atoms with Gasteiger partial charge in [-0.2, -0.15) is 0 Å². The first-order chi connectivity index (χ1) is 10.2. The van der Waals surface area contributed by atoms with Gasteiger partial charge in [0.05, 0.1) is 4.90 Å². The highest BCUT2D eigenvalue weighted by Crippen LogP contribution is 2.18. The second-order valence-electron chi connectivity index (χ2n) is 5.28. The van der Waals surface area contributed by atoms with Gasteiger partial charge in [-0.3, -0.25) is 4.79 Å². The van der Waals surface area contributed by atoms with Gasteiger partial charge >= 0.3 is 0 Å². The molecule has 0 atom stereocenters. The third kappa shape index (κ3) is 3.52. The Hall–Kier alpha value is -2.18. The topological polar surface area (TPSA) is 89.3 Å². The minimum absolute atomic E-state index is 0.0234. The van der Waals surface area contributed by atoms with Crippen LogP contribution >= 0.6 is 0 Å². The van der Waals surface area contributed by atoms with Crippen LogP contribution in [0.5, 0.6) is 0 Å². The normalized spacial score (nSPS) is 11.3. The summed E-state index contributed by atoms with van der Waals surface area (Å²) in [7, 11) is -3.78. The van der Waals surface area contributed by atoms with Gasteiger partial charge in [-0.15, -0.1) is 0 Å². The van der Waals surface area contributed by atoms with E-state index in [1.54, 1.807) is 6.92 Å². The number of rotatable bonds is 3. The molecule has 2 aromatic carbocycles. The molecule has 2 rings (SSSR count). The number of carbonyl (C=O) groups is 1. The molecule has 0 radical (unpaired) electrons. The molecular weight excluding hydrogens is 300 g/mol. The highest BCUT2D eigenvalue weighted by Gasteiger charge is 2.14. The molecule has 0 aliphatic heterocycles. The minimum Gasteiger partial charge on any atom is -0.322 e. The summed E-state index contributed by atoms with van der Waals surface area (Å²) in [5.41, 5.74) is 3.74. The van der Waals surface area contributed by atoms with E-state index in [0.29, 0.717) is 16.8 Å². The van der Waals surface area contributed by atoms with Crippen LogP contribution < -0.4 is 10.5 Å². The van der Waals surface area contributed by atoms with Crippen LogP contribution in [-0.4, -0.2) is 14.3 Å². The molecule has 0 unspecified atom stereocenters. The van der Waals surface area contributed by atoms with E-state index < -0.39 is 10.0 Å². The maximum Gasteiger partial charge on any atom is 0.255 e. The summed E-state index contributed by atoms with van der Waals surface area (Å²) in [5, 5.41) is 7.90. The fourth-order valence-electron chi connectivity index (χ4n) is 2.13. The van der Waals surface area contributed by atoms with Gasteiger partial charge < -0.3 is 5.32 Å². The molecule has 1 amide bonds. The number of primary sulfonamides is 1. The fourth-order valence-corrected chi connectivity index (χ4v) is 2.90. The molecule has 3 N–H and O–H groups in total. The lowest BCUT2D eigenvalue weighted by atomic mass is 10.1. The van der Waals surface area contributed by atoms with Crippen LogP contribution in [0.15, 0.2) is 41.3 Å². The number of nitrogens with two attached hydrogens (primary N) is 1. The first kappa shape index (κ1) is 16.2.